The molecule has 0 saturated carbocycles. The van der Waals surface area contributed by atoms with E-state index in [1.54, 1.807) is 0 Å². The van der Waals surface area contributed by atoms with Gasteiger partial charge >= 0.3 is 0 Å². The lowest BCUT2D eigenvalue weighted by molar-refractivity contribution is 0.292. The van der Waals surface area contributed by atoms with Crippen molar-refractivity contribution in [2.75, 3.05) is 0 Å². The molecule has 6 heteroatoms. The molecular formula is C15H19Br2N3O. The van der Waals surface area contributed by atoms with E-state index in [4.69, 9.17) is 10.5 Å². The van der Waals surface area contributed by atoms with Crippen molar-refractivity contribution in [3.05, 3.63) is 44.1 Å². The van der Waals surface area contributed by atoms with E-state index in [9.17, 15) is 0 Å². The smallest absolute Gasteiger partial charge is 0.134 e. The van der Waals surface area contributed by atoms with Gasteiger partial charge in [0.05, 0.1) is 20.3 Å². The molecule has 1 atom stereocenters. The second-order valence-corrected chi connectivity index (χ2v) is 6.85. The summed E-state index contributed by atoms with van der Waals surface area (Å²) in [6.45, 7) is 4.43. The number of halogens is 2. The molecule has 0 amide bonds. The van der Waals surface area contributed by atoms with Gasteiger partial charge in [-0.1, -0.05) is 6.07 Å². The van der Waals surface area contributed by atoms with Gasteiger partial charge in [0.25, 0.3) is 0 Å². The molecule has 1 unspecified atom stereocenters. The number of benzene rings is 1. The third-order valence-electron chi connectivity index (χ3n) is 3.18. The molecule has 0 aliphatic rings. The third kappa shape index (κ3) is 4.08. The number of nitrogens with two attached hydrogens (primary N) is 1. The minimum atomic E-state index is 0.150. The molecule has 0 spiro atoms. The lowest BCUT2D eigenvalue weighted by Crippen LogP contribution is -2.17. The summed E-state index contributed by atoms with van der Waals surface area (Å²) >= 11 is 7.10. The first-order chi connectivity index (χ1) is 9.88. The van der Waals surface area contributed by atoms with Crippen LogP contribution in [-0.2, 0) is 20.1 Å². The second-order valence-electron chi connectivity index (χ2n) is 5.20. The van der Waals surface area contributed by atoms with Crippen molar-refractivity contribution in [3.63, 3.8) is 0 Å². The van der Waals surface area contributed by atoms with Gasteiger partial charge in [-0.15, -0.1) is 0 Å². The van der Waals surface area contributed by atoms with Crippen LogP contribution in [0.1, 0.15) is 23.9 Å². The summed E-state index contributed by atoms with van der Waals surface area (Å²) in [5.74, 6) is 0.814. The van der Waals surface area contributed by atoms with Crippen LogP contribution in [0, 0.1) is 6.92 Å². The lowest BCUT2D eigenvalue weighted by Gasteiger charge is -2.11. The average molecular weight is 417 g/mol. The van der Waals surface area contributed by atoms with Crippen LogP contribution in [0.5, 0.6) is 5.75 Å². The molecule has 0 bridgehead atoms. The van der Waals surface area contributed by atoms with Gasteiger partial charge in [-0.3, -0.25) is 4.68 Å². The minimum absolute atomic E-state index is 0.150. The SMILES string of the molecule is Cc1nn(C)c(COc2ccc(CC(C)N)cc2Br)c1Br. The van der Waals surface area contributed by atoms with Gasteiger partial charge in [0.15, 0.2) is 0 Å². The Morgan fingerprint density at radius 3 is 2.62 bits per heavy atom. The maximum atomic E-state index is 5.89. The lowest BCUT2D eigenvalue weighted by atomic mass is 10.1. The number of aryl methyl sites for hydroxylation is 2. The Balaban J connectivity index is 2.10. The van der Waals surface area contributed by atoms with Crippen molar-refractivity contribution in [1.82, 2.24) is 9.78 Å². The van der Waals surface area contributed by atoms with Crippen LogP contribution >= 0.6 is 31.9 Å². The van der Waals surface area contributed by atoms with Crippen molar-refractivity contribution in [3.8, 4) is 5.75 Å². The first-order valence-electron chi connectivity index (χ1n) is 6.73. The highest BCUT2D eigenvalue weighted by atomic mass is 79.9. The third-order valence-corrected chi connectivity index (χ3v) is 4.83. The van der Waals surface area contributed by atoms with E-state index in [0.29, 0.717) is 6.61 Å². The van der Waals surface area contributed by atoms with E-state index in [1.165, 1.54) is 5.56 Å². The number of aromatic nitrogens is 2. The van der Waals surface area contributed by atoms with E-state index in [-0.39, 0.29) is 6.04 Å². The zero-order chi connectivity index (χ0) is 15.6. The molecule has 1 aromatic carbocycles. The fourth-order valence-electron chi connectivity index (χ4n) is 2.14. The molecule has 0 fully saturated rings. The minimum Gasteiger partial charge on any atom is -0.486 e. The average Bonchev–Trinajstić information content (AvgIpc) is 2.62. The normalized spacial score (nSPS) is 12.5. The zero-order valence-electron chi connectivity index (χ0n) is 12.4. The zero-order valence-corrected chi connectivity index (χ0v) is 15.5. The van der Waals surface area contributed by atoms with Crippen LogP contribution in [0.15, 0.2) is 27.1 Å². The Morgan fingerprint density at radius 1 is 1.38 bits per heavy atom. The molecule has 0 aliphatic heterocycles. The van der Waals surface area contributed by atoms with Crippen LogP contribution in [0.4, 0.5) is 0 Å². The maximum absolute atomic E-state index is 5.89. The molecule has 4 nitrogen and oxygen atoms in total. The highest BCUT2D eigenvalue weighted by Crippen LogP contribution is 2.28. The van der Waals surface area contributed by atoms with Crippen molar-refractivity contribution < 1.29 is 4.74 Å². The topological polar surface area (TPSA) is 53.1 Å². The van der Waals surface area contributed by atoms with E-state index >= 15 is 0 Å². The number of rotatable bonds is 5. The fourth-order valence-corrected chi connectivity index (χ4v) is 3.13. The van der Waals surface area contributed by atoms with Crippen molar-refractivity contribution in [2.45, 2.75) is 32.9 Å². The Morgan fingerprint density at radius 2 is 2.10 bits per heavy atom. The van der Waals surface area contributed by atoms with E-state index in [2.05, 4.69) is 43.0 Å². The van der Waals surface area contributed by atoms with Gasteiger partial charge in [0.2, 0.25) is 0 Å². The summed E-state index contributed by atoms with van der Waals surface area (Å²) in [4.78, 5) is 0. The van der Waals surface area contributed by atoms with E-state index in [1.807, 2.05) is 37.7 Å². The second kappa shape index (κ2) is 6.94. The van der Waals surface area contributed by atoms with Crippen molar-refractivity contribution >= 4 is 31.9 Å². The summed E-state index contributed by atoms with van der Waals surface area (Å²) in [5.41, 5.74) is 8.99. The van der Waals surface area contributed by atoms with Gasteiger partial charge in [0, 0.05) is 13.1 Å². The van der Waals surface area contributed by atoms with Gasteiger partial charge < -0.3 is 10.5 Å². The molecular weight excluding hydrogens is 398 g/mol. The molecule has 1 heterocycles. The van der Waals surface area contributed by atoms with Gasteiger partial charge in [0.1, 0.15) is 12.4 Å². The number of nitrogens with zero attached hydrogens (tertiary/aromatic N) is 2. The molecule has 0 saturated heterocycles. The quantitative estimate of drug-likeness (QED) is 0.807. The number of hydrogen-bond donors (Lipinski definition) is 1. The first kappa shape index (κ1) is 16.5. The molecule has 114 valence electrons. The molecule has 2 N–H and O–H groups in total. The van der Waals surface area contributed by atoms with E-state index in [0.717, 1.165) is 32.5 Å². The Bertz CT molecular complexity index is 638. The largest absolute Gasteiger partial charge is 0.486 e. The highest BCUT2D eigenvalue weighted by Gasteiger charge is 2.12. The maximum Gasteiger partial charge on any atom is 0.134 e. The highest BCUT2D eigenvalue weighted by molar-refractivity contribution is 9.10. The summed E-state index contributed by atoms with van der Waals surface area (Å²) < 4.78 is 9.66. The van der Waals surface area contributed by atoms with E-state index < -0.39 is 0 Å². The molecule has 2 rings (SSSR count). The Labute approximate surface area is 141 Å². The van der Waals surface area contributed by atoms with Crippen molar-refractivity contribution in [2.24, 2.45) is 12.8 Å². The van der Waals surface area contributed by atoms with Gasteiger partial charge in [-0.2, -0.15) is 5.10 Å². The predicted molar refractivity (Wildman–Crippen MR) is 91.5 cm³/mol. The van der Waals surface area contributed by atoms with Gasteiger partial charge in [-0.25, -0.2) is 0 Å². The Kier molecular flexibility index (Phi) is 5.46. The number of hydrogen-bond acceptors (Lipinski definition) is 3. The molecule has 21 heavy (non-hydrogen) atoms. The summed E-state index contributed by atoms with van der Waals surface area (Å²) in [6, 6.07) is 6.23. The molecule has 1 aromatic heterocycles. The van der Waals surface area contributed by atoms with Crippen LogP contribution < -0.4 is 10.5 Å². The first-order valence-corrected chi connectivity index (χ1v) is 8.32. The van der Waals surface area contributed by atoms with Gasteiger partial charge in [-0.05, 0) is 69.8 Å². The number of ether oxygens (including phenoxy) is 1. The monoisotopic (exact) mass is 415 g/mol. The standard InChI is InChI=1S/C15H19Br2N3O/c1-9(18)6-11-4-5-14(12(16)7-11)21-8-13-15(17)10(2)19-20(13)3/h4-5,7,9H,6,8,18H2,1-3H3. The fraction of sp³-hybridized carbons (Fsp3) is 0.400. The van der Waals surface area contributed by atoms with Crippen LogP contribution in [0.3, 0.4) is 0 Å². The van der Waals surface area contributed by atoms with Crippen LogP contribution in [0.25, 0.3) is 0 Å². The molecule has 0 radical (unpaired) electrons. The van der Waals surface area contributed by atoms with Crippen LogP contribution in [0.2, 0.25) is 0 Å². The Hall–Kier alpha value is -0.850. The van der Waals surface area contributed by atoms with Crippen molar-refractivity contribution in [1.29, 1.82) is 0 Å². The molecule has 2 aromatic rings. The molecule has 0 aliphatic carbocycles. The summed E-state index contributed by atoms with van der Waals surface area (Å²) in [7, 11) is 1.91. The summed E-state index contributed by atoms with van der Waals surface area (Å²) in [6.07, 6.45) is 0.853. The van der Waals surface area contributed by atoms with Crippen LogP contribution in [-0.4, -0.2) is 15.8 Å². The predicted octanol–water partition coefficient (Wildman–Crippen LogP) is 3.72. The summed E-state index contributed by atoms with van der Waals surface area (Å²) in [5, 5.41) is 4.36.